The molecule has 69 heavy (non-hydrogen) atoms. The number of unbranched alkanes of at least 4 members (excludes halogenated alkanes) is 33. The van der Waals surface area contributed by atoms with Crippen molar-refractivity contribution in [2.24, 2.45) is 0 Å². The molecule has 9 nitrogen and oxygen atoms in total. The SMILES string of the molecule is CCCCC/C=C\C/C=C\CCCCCCCCCCCCCC(=O)OC(/C=C/CCCCCCCCCCC)C(COP(=O)([O-])OCC[N+](C)(C)C)NC(=O)CCCCCCCCCCCCC. The first-order valence-electron chi connectivity index (χ1n) is 29.3. The number of phosphoric ester groups is 1. The predicted octanol–water partition coefficient (Wildman–Crippen LogP) is 16.9. The third kappa shape index (κ3) is 51.0. The normalized spacial score (nSPS) is 14.0. The number of hydrogen-bond acceptors (Lipinski definition) is 7. The molecule has 0 aliphatic rings. The Morgan fingerprint density at radius 2 is 0.884 bits per heavy atom. The van der Waals surface area contributed by atoms with Crippen LogP contribution in [0.15, 0.2) is 36.5 Å². The van der Waals surface area contributed by atoms with Gasteiger partial charge < -0.3 is 28.5 Å². The van der Waals surface area contributed by atoms with E-state index in [1.807, 2.05) is 33.3 Å². The third-order valence-corrected chi connectivity index (χ3v) is 14.0. The summed E-state index contributed by atoms with van der Waals surface area (Å²) in [5.41, 5.74) is 0. The summed E-state index contributed by atoms with van der Waals surface area (Å²) in [6, 6.07) is -0.882. The van der Waals surface area contributed by atoms with Crippen molar-refractivity contribution < 1.29 is 37.3 Å². The molecule has 0 saturated heterocycles. The molecule has 0 heterocycles. The quantitative estimate of drug-likeness (QED) is 0.0212. The molecular weight excluding hydrogens is 880 g/mol. The molecule has 1 amide bonds. The highest BCUT2D eigenvalue weighted by molar-refractivity contribution is 7.45. The second kappa shape index (κ2) is 49.8. The van der Waals surface area contributed by atoms with Crippen molar-refractivity contribution in [3.8, 4) is 0 Å². The van der Waals surface area contributed by atoms with E-state index in [-0.39, 0.29) is 31.5 Å². The van der Waals surface area contributed by atoms with E-state index in [1.54, 1.807) is 0 Å². The number of esters is 1. The van der Waals surface area contributed by atoms with Crippen molar-refractivity contribution >= 4 is 19.7 Å². The smallest absolute Gasteiger partial charge is 0.306 e. The number of allylic oxidation sites excluding steroid dienone is 5. The summed E-state index contributed by atoms with van der Waals surface area (Å²) in [5, 5.41) is 3.02. The van der Waals surface area contributed by atoms with Crippen LogP contribution in [0.1, 0.15) is 278 Å². The Morgan fingerprint density at radius 1 is 0.507 bits per heavy atom. The number of quaternary nitrogens is 1. The maximum Gasteiger partial charge on any atom is 0.306 e. The van der Waals surface area contributed by atoms with Crippen LogP contribution in [0, 0.1) is 0 Å². The van der Waals surface area contributed by atoms with E-state index in [2.05, 4.69) is 50.4 Å². The van der Waals surface area contributed by atoms with Gasteiger partial charge in [0.25, 0.3) is 7.82 Å². The summed E-state index contributed by atoms with van der Waals surface area (Å²) < 4.78 is 30.2. The zero-order valence-corrected chi connectivity index (χ0v) is 47.2. The highest BCUT2D eigenvalue weighted by atomic mass is 31.2. The zero-order valence-electron chi connectivity index (χ0n) is 46.3. The molecule has 1 N–H and O–H groups in total. The summed E-state index contributed by atoms with van der Waals surface area (Å²) in [7, 11) is 1.19. The fourth-order valence-corrected chi connectivity index (χ4v) is 9.22. The molecule has 0 aromatic carbocycles. The number of likely N-dealkylation sites (N-methyl/N-ethyl adjacent to an activating group) is 1. The number of amides is 1. The second-order valence-electron chi connectivity index (χ2n) is 21.2. The molecule has 0 aliphatic heterocycles. The topological polar surface area (TPSA) is 114 Å². The Kier molecular flexibility index (Phi) is 48.5. The molecule has 0 aromatic rings. The Morgan fingerprint density at radius 3 is 1.33 bits per heavy atom. The van der Waals surface area contributed by atoms with E-state index in [9.17, 15) is 19.0 Å². The highest BCUT2D eigenvalue weighted by Crippen LogP contribution is 2.38. The van der Waals surface area contributed by atoms with Gasteiger partial charge >= 0.3 is 5.97 Å². The first-order valence-corrected chi connectivity index (χ1v) is 30.8. The number of nitrogens with zero attached hydrogens (tertiary/aromatic N) is 1. The predicted molar refractivity (Wildman–Crippen MR) is 293 cm³/mol. The van der Waals surface area contributed by atoms with Gasteiger partial charge in [0, 0.05) is 12.8 Å². The molecule has 0 spiro atoms. The molecule has 0 radical (unpaired) electrons. The minimum absolute atomic E-state index is 0.0204. The lowest BCUT2D eigenvalue weighted by molar-refractivity contribution is -0.870. The molecule has 0 saturated carbocycles. The van der Waals surface area contributed by atoms with Crippen LogP contribution < -0.4 is 10.2 Å². The average molecular weight is 994 g/mol. The third-order valence-electron chi connectivity index (χ3n) is 13.1. The van der Waals surface area contributed by atoms with E-state index in [1.165, 1.54) is 180 Å². The van der Waals surface area contributed by atoms with E-state index in [0.717, 1.165) is 64.2 Å². The first kappa shape index (κ1) is 67.2. The Balaban J connectivity index is 5.17. The lowest BCUT2D eigenvalue weighted by Gasteiger charge is -2.30. The van der Waals surface area contributed by atoms with Crippen molar-refractivity contribution in [1.82, 2.24) is 5.32 Å². The van der Waals surface area contributed by atoms with Gasteiger partial charge in [-0.25, -0.2) is 0 Å². The van der Waals surface area contributed by atoms with Gasteiger partial charge in [-0.1, -0.05) is 237 Å². The maximum atomic E-state index is 13.4. The average Bonchev–Trinajstić information content (AvgIpc) is 3.31. The van der Waals surface area contributed by atoms with Gasteiger partial charge in [-0.05, 0) is 63.9 Å². The summed E-state index contributed by atoms with van der Waals surface area (Å²) in [4.78, 5) is 39.8. The molecule has 10 heteroatoms. The zero-order chi connectivity index (χ0) is 50.8. The Hall–Kier alpha value is -1.77. The number of rotatable bonds is 53. The molecule has 0 aliphatic carbocycles. The van der Waals surface area contributed by atoms with Crippen LogP contribution in [0.2, 0.25) is 0 Å². The Labute approximate surface area is 427 Å². The number of carbonyl (C=O) groups excluding carboxylic acids is 2. The molecule has 0 aromatic heterocycles. The fourth-order valence-electron chi connectivity index (χ4n) is 8.49. The summed E-state index contributed by atoms with van der Waals surface area (Å²) >= 11 is 0. The maximum absolute atomic E-state index is 13.4. The standard InChI is InChI=1S/C59H113N2O7P/c1-7-10-13-16-19-22-25-26-27-28-29-30-31-32-33-34-37-40-43-46-49-52-59(63)68-57(50-47-44-41-38-35-23-20-17-14-11-8-2)56(55-67-69(64,65)66-54-53-61(4,5)6)60-58(62)51-48-45-42-39-36-24-21-18-15-12-9-3/h19,22,26-27,47,50,56-57H,7-18,20-21,23-25,28-46,48-49,51-55H2,1-6H3,(H-,60,62,64,65)/b22-19-,27-26-,50-47+. The number of nitrogens with one attached hydrogen (secondary N) is 1. The molecule has 406 valence electrons. The minimum Gasteiger partial charge on any atom is -0.756 e. The van der Waals surface area contributed by atoms with Crippen molar-refractivity contribution in [3.05, 3.63) is 36.5 Å². The second-order valence-corrected chi connectivity index (χ2v) is 22.6. The molecule has 3 unspecified atom stereocenters. The van der Waals surface area contributed by atoms with Gasteiger partial charge in [-0.15, -0.1) is 0 Å². The van der Waals surface area contributed by atoms with Gasteiger partial charge in [-0.3, -0.25) is 14.2 Å². The largest absolute Gasteiger partial charge is 0.756 e. The van der Waals surface area contributed by atoms with E-state index in [4.69, 9.17) is 13.8 Å². The van der Waals surface area contributed by atoms with Crippen molar-refractivity contribution in [2.45, 2.75) is 290 Å². The van der Waals surface area contributed by atoms with Gasteiger partial charge in [0.2, 0.25) is 5.91 Å². The van der Waals surface area contributed by atoms with Gasteiger partial charge in [-0.2, -0.15) is 0 Å². The monoisotopic (exact) mass is 993 g/mol. The molecule has 3 atom stereocenters. The fraction of sp³-hybridized carbons (Fsp3) is 0.864. The van der Waals surface area contributed by atoms with Crippen LogP contribution in [-0.2, 0) is 27.9 Å². The molecule has 0 fully saturated rings. The van der Waals surface area contributed by atoms with Gasteiger partial charge in [0.05, 0.1) is 33.8 Å². The molecule has 0 rings (SSSR count). The molecular formula is C59H113N2O7P. The van der Waals surface area contributed by atoms with Crippen LogP contribution >= 0.6 is 7.82 Å². The lowest BCUT2D eigenvalue weighted by atomic mass is 10.0. The van der Waals surface area contributed by atoms with Crippen LogP contribution in [0.25, 0.3) is 0 Å². The number of phosphoric acid groups is 1. The van der Waals surface area contributed by atoms with Crippen LogP contribution in [-0.4, -0.2) is 69.4 Å². The lowest BCUT2D eigenvalue weighted by Crippen LogP contribution is -2.47. The van der Waals surface area contributed by atoms with Gasteiger partial charge in [0.15, 0.2) is 0 Å². The minimum atomic E-state index is -4.69. The van der Waals surface area contributed by atoms with E-state index >= 15 is 0 Å². The first-order chi connectivity index (χ1) is 33.4. The number of carbonyl (C=O) groups is 2. The van der Waals surface area contributed by atoms with Crippen molar-refractivity contribution in [1.29, 1.82) is 0 Å². The van der Waals surface area contributed by atoms with Crippen molar-refractivity contribution in [2.75, 3.05) is 40.9 Å². The van der Waals surface area contributed by atoms with E-state index < -0.39 is 20.0 Å². The van der Waals surface area contributed by atoms with Crippen LogP contribution in [0.3, 0.4) is 0 Å². The summed E-state index contributed by atoms with van der Waals surface area (Å²) in [6.07, 6.45) is 58.2. The number of ether oxygens (including phenoxy) is 1. The number of hydrogen-bond donors (Lipinski definition) is 1. The highest BCUT2D eigenvalue weighted by Gasteiger charge is 2.27. The van der Waals surface area contributed by atoms with Crippen LogP contribution in [0.4, 0.5) is 0 Å². The summed E-state index contributed by atoms with van der Waals surface area (Å²) in [5.74, 6) is -0.536. The summed E-state index contributed by atoms with van der Waals surface area (Å²) in [6.45, 7) is 6.82. The molecule has 0 bridgehead atoms. The van der Waals surface area contributed by atoms with Crippen molar-refractivity contribution in [3.63, 3.8) is 0 Å². The van der Waals surface area contributed by atoms with Gasteiger partial charge in [0.1, 0.15) is 19.3 Å². The van der Waals surface area contributed by atoms with E-state index in [0.29, 0.717) is 17.4 Å². The Bertz CT molecular complexity index is 1280. The van der Waals surface area contributed by atoms with Crippen LogP contribution in [0.5, 0.6) is 0 Å².